The molecule has 1 saturated carbocycles. The van der Waals surface area contributed by atoms with Gasteiger partial charge in [0.2, 0.25) is 0 Å². The molecule has 2 amide bonds. The number of aliphatic hydroxyl groups excluding tert-OH is 1. The van der Waals surface area contributed by atoms with Crippen molar-refractivity contribution in [1.29, 1.82) is 0 Å². The SMILES string of the molecule is Cc1cc(C)n(-c2ccccc2NC(=O)NC2CCCC2(C)CO)n1. The zero-order valence-electron chi connectivity index (χ0n) is 15.0. The van der Waals surface area contributed by atoms with Crippen LogP contribution in [0.2, 0.25) is 0 Å². The van der Waals surface area contributed by atoms with Crippen molar-refractivity contribution in [1.82, 2.24) is 15.1 Å². The van der Waals surface area contributed by atoms with Gasteiger partial charge in [0.05, 0.1) is 23.7 Å². The Labute approximate surface area is 148 Å². The highest BCUT2D eigenvalue weighted by molar-refractivity contribution is 5.91. The number of carbonyl (C=O) groups is 1. The molecule has 6 heteroatoms. The van der Waals surface area contributed by atoms with Crippen molar-refractivity contribution in [3.05, 3.63) is 41.7 Å². The van der Waals surface area contributed by atoms with Crippen LogP contribution in [0.1, 0.15) is 37.6 Å². The van der Waals surface area contributed by atoms with Crippen molar-refractivity contribution in [2.24, 2.45) is 5.41 Å². The van der Waals surface area contributed by atoms with Crippen LogP contribution in [-0.2, 0) is 0 Å². The normalized spacial score (nSPS) is 22.8. The van der Waals surface area contributed by atoms with E-state index in [-0.39, 0.29) is 24.1 Å². The minimum Gasteiger partial charge on any atom is -0.396 e. The molecule has 1 aromatic carbocycles. The predicted molar refractivity (Wildman–Crippen MR) is 98.0 cm³/mol. The van der Waals surface area contributed by atoms with Crippen LogP contribution < -0.4 is 10.6 Å². The summed E-state index contributed by atoms with van der Waals surface area (Å²) in [6.45, 7) is 6.04. The average Bonchev–Trinajstić information content (AvgIpc) is 3.11. The molecule has 2 atom stereocenters. The summed E-state index contributed by atoms with van der Waals surface area (Å²) in [6, 6.07) is 9.35. The van der Waals surface area contributed by atoms with E-state index in [1.165, 1.54) is 0 Å². The number of aromatic nitrogens is 2. The Kier molecular flexibility index (Phi) is 4.81. The predicted octanol–water partition coefficient (Wildman–Crippen LogP) is 3.16. The van der Waals surface area contributed by atoms with Gasteiger partial charge in [-0.3, -0.25) is 0 Å². The van der Waals surface area contributed by atoms with Crippen LogP contribution >= 0.6 is 0 Å². The van der Waals surface area contributed by atoms with Crippen molar-refractivity contribution in [3.63, 3.8) is 0 Å². The third-order valence-electron chi connectivity index (χ3n) is 5.14. The van der Waals surface area contributed by atoms with E-state index in [0.29, 0.717) is 5.69 Å². The van der Waals surface area contributed by atoms with Gasteiger partial charge in [0.15, 0.2) is 0 Å². The molecule has 3 rings (SSSR count). The molecule has 1 aliphatic carbocycles. The highest BCUT2D eigenvalue weighted by atomic mass is 16.3. The van der Waals surface area contributed by atoms with Gasteiger partial charge in [0, 0.05) is 17.2 Å². The largest absolute Gasteiger partial charge is 0.396 e. The first-order valence-electron chi connectivity index (χ1n) is 8.74. The van der Waals surface area contributed by atoms with E-state index < -0.39 is 0 Å². The lowest BCUT2D eigenvalue weighted by molar-refractivity contribution is 0.122. The molecule has 6 nitrogen and oxygen atoms in total. The fraction of sp³-hybridized carbons (Fsp3) is 0.474. The summed E-state index contributed by atoms with van der Waals surface area (Å²) in [5, 5.41) is 20.1. The van der Waals surface area contributed by atoms with E-state index >= 15 is 0 Å². The van der Waals surface area contributed by atoms with E-state index in [1.807, 2.05) is 55.8 Å². The van der Waals surface area contributed by atoms with Crippen LogP contribution in [0.25, 0.3) is 5.69 Å². The maximum Gasteiger partial charge on any atom is 0.319 e. The van der Waals surface area contributed by atoms with Crippen molar-refractivity contribution < 1.29 is 9.90 Å². The number of nitrogens with zero attached hydrogens (tertiary/aromatic N) is 2. The number of aliphatic hydroxyl groups is 1. The molecule has 2 aromatic rings. The van der Waals surface area contributed by atoms with E-state index in [9.17, 15) is 9.90 Å². The van der Waals surface area contributed by atoms with Gasteiger partial charge in [-0.1, -0.05) is 25.5 Å². The highest BCUT2D eigenvalue weighted by Crippen LogP contribution is 2.37. The number of hydrogen-bond donors (Lipinski definition) is 3. The zero-order valence-corrected chi connectivity index (χ0v) is 15.0. The van der Waals surface area contributed by atoms with E-state index in [0.717, 1.165) is 36.3 Å². The molecular weight excluding hydrogens is 316 g/mol. The molecule has 0 spiro atoms. The lowest BCUT2D eigenvalue weighted by Crippen LogP contribution is -2.46. The second-order valence-electron chi connectivity index (χ2n) is 7.21. The van der Waals surface area contributed by atoms with Crippen LogP contribution in [0.3, 0.4) is 0 Å². The number of nitrogens with one attached hydrogen (secondary N) is 2. The average molecular weight is 342 g/mol. The fourth-order valence-electron chi connectivity index (χ4n) is 3.62. The number of anilines is 1. The van der Waals surface area contributed by atoms with Gasteiger partial charge in [-0.25, -0.2) is 9.48 Å². The number of benzene rings is 1. The number of para-hydroxylation sites is 2. The van der Waals surface area contributed by atoms with E-state index in [4.69, 9.17) is 0 Å². The molecule has 134 valence electrons. The standard InChI is InChI=1S/C19H26N4O2/c1-13-11-14(2)23(22-13)16-8-5-4-7-15(16)20-18(25)21-17-9-6-10-19(17,3)12-24/h4-5,7-8,11,17,24H,6,9-10,12H2,1-3H3,(H2,20,21,25). The molecule has 1 aliphatic rings. The van der Waals surface area contributed by atoms with Crippen LogP contribution in [0.5, 0.6) is 0 Å². The van der Waals surface area contributed by atoms with Crippen LogP contribution in [-0.4, -0.2) is 33.6 Å². The summed E-state index contributed by atoms with van der Waals surface area (Å²) in [5.41, 5.74) is 3.23. The lowest BCUT2D eigenvalue weighted by Gasteiger charge is -2.30. The molecule has 0 bridgehead atoms. The van der Waals surface area contributed by atoms with E-state index in [2.05, 4.69) is 15.7 Å². The maximum absolute atomic E-state index is 12.5. The Morgan fingerprint density at radius 2 is 2.16 bits per heavy atom. The smallest absolute Gasteiger partial charge is 0.319 e. The van der Waals surface area contributed by atoms with Crippen molar-refractivity contribution in [2.45, 2.75) is 46.1 Å². The highest BCUT2D eigenvalue weighted by Gasteiger charge is 2.39. The van der Waals surface area contributed by atoms with Crippen LogP contribution in [0, 0.1) is 19.3 Å². The second-order valence-corrected chi connectivity index (χ2v) is 7.21. The number of rotatable bonds is 4. The molecule has 1 fully saturated rings. The molecule has 1 heterocycles. The molecule has 25 heavy (non-hydrogen) atoms. The summed E-state index contributed by atoms with van der Waals surface area (Å²) in [4.78, 5) is 12.5. The summed E-state index contributed by atoms with van der Waals surface area (Å²) in [7, 11) is 0. The Morgan fingerprint density at radius 3 is 2.84 bits per heavy atom. The monoisotopic (exact) mass is 342 g/mol. The second kappa shape index (κ2) is 6.88. The van der Waals surface area contributed by atoms with Crippen LogP contribution in [0.4, 0.5) is 10.5 Å². The van der Waals surface area contributed by atoms with Gasteiger partial charge in [-0.15, -0.1) is 0 Å². The Balaban J connectivity index is 1.77. The Morgan fingerprint density at radius 1 is 1.40 bits per heavy atom. The minimum absolute atomic E-state index is 0.0154. The fourth-order valence-corrected chi connectivity index (χ4v) is 3.62. The molecular formula is C19H26N4O2. The molecule has 0 aliphatic heterocycles. The minimum atomic E-state index is -0.249. The maximum atomic E-state index is 12.5. The van der Waals surface area contributed by atoms with Gasteiger partial charge in [-0.05, 0) is 44.9 Å². The van der Waals surface area contributed by atoms with Gasteiger partial charge in [-0.2, -0.15) is 5.10 Å². The first-order chi connectivity index (χ1) is 11.9. The van der Waals surface area contributed by atoms with Crippen LogP contribution in [0.15, 0.2) is 30.3 Å². The number of aryl methyl sites for hydroxylation is 2. The molecule has 3 N–H and O–H groups in total. The summed E-state index contributed by atoms with van der Waals surface area (Å²) in [6.07, 6.45) is 2.84. The Bertz CT molecular complexity index is 771. The summed E-state index contributed by atoms with van der Waals surface area (Å²) < 4.78 is 1.83. The van der Waals surface area contributed by atoms with Gasteiger partial charge in [0.25, 0.3) is 0 Å². The summed E-state index contributed by atoms with van der Waals surface area (Å²) >= 11 is 0. The van der Waals surface area contributed by atoms with Crippen molar-refractivity contribution in [2.75, 3.05) is 11.9 Å². The quantitative estimate of drug-likeness (QED) is 0.798. The Hall–Kier alpha value is -2.34. The number of urea groups is 1. The lowest BCUT2D eigenvalue weighted by atomic mass is 9.86. The zero-order chi connectivity index (χ0) is 18.0. The first-order valence-corrected chi connectivity index (χ1v) is 8.74. The summed E-state index contributed by atoms with van der Waals surface area (Å²) in [5.74, 6) is 0. The third-order valence-corrected chi connectivity index (χ3v) is 5.14. The van der Waals surface area contributed by atoms with Gasteiger partial charge >= 0.3 is 6.03 Å². The molecule has 2 unspecified atom stereocenters. The van der Waals surface area contributed by atoms with Gasteiger partial charge < -0.3 is 15.7 Å². The number of hydrogen-bond acceptors (Lipinski definition) is 3. The topological polar surface area (TPSA) is 79.2 Å². The van der Waals surface area contributed by atoms with E-state index in [1.54, 1.807) is 0 Å². The number of amides is 2. The third kappa shape index (κ3) is 3.54. The first kappa shape index (κ1) is 17.5. The molecule has 0 saturated heterocycles. The van der Waals surface area contributed by atoms with Gasteiger partial charge in [0.1, 0.15) is 0 Å². The van der Waals surface area contributed by atoms with Crippen molar-refractivity contribution in [3.8, 4) is 5.69 Å². The van der Waals surface area contributed by atoms with Crippen molar-refractivity contribution >= 4 is 11.7 Å². The molecule has 1 aromatic heterocycles. The number of carbonyl (C=O) groups excluding carboxylic acids is 1. The molecule has 0 radical (unpaired) electrons.